The minimum Gasteiger partial charge on any atom is -0.497 e. The van der Waals surface area contributed by atoms with Gasteiger partial charge in [-0.1, -0.05) is 47.7 Å². The Hall–Kier alpha value is -3.51. The Kier molecular flexibility index (Phi) is 5.63. The Balaban J connectivity index is 1.68. The number of hydrogen-bond donors (Lipinski definition) is 0. The van der Waals surface area contributed by atoms with E-state index >= 15 is 0 Å². The van der Waals surface area contributed by atoms with E-state index in [9.17, 15) is 4.79 Å². The van der Waals surface area contributed by atoms with Crippen molar-refractivity contribution in [1.29, 1.82) is 0 Å². The molecule has 0 aliphatic rings. The number of methoxy groups -OCH3 is 1. The normalized spacial score (nSPS) is 11.1. The van der Waals surface area contributed by atoms with E-state index < -0.39 is 0 Å². The van der Waals surface area contributed by atoms with Gasteiger partial charge in [-0.05, 0) is 42.0 Å². The summed E-state index contributed by atoms with van der Waals surface area (Å²) >= 11 is 1.46. The summed E-state index contributed by atoms with van der Waals surface area (Å²) in [5.74, 6) is 0.616. The number of nitrogens with zero attached hydrogens (tertiary/aromatic N) is 3. The Morgan fingerprint density at radius 1 is 1.10 bits per heavy atom. The van der Waals surface area contributed by atoms with Crippen LogP contribution in [0.2, 0.25) is 0 Å². The van der Waals surface area contributed by atoms with Crippen molar-refractivity contribution in [3.8, 4) is 5.75 Å². The quantitative estimate of drug-likeness (QED) is 0.429. The highest BCUT2D eigenvalue weighted by Crippen LogP contribution is 2.32. The van der Waals surface area contributed by atoms with Crippen molar-refractivity contribution in [3.05, 3.63) is 90.3 Å². The summed E-state index contributed by atoms with van der Waals surface area (Å²) < 4.78 is 6.26. The van der Waals surface area contributed by atoms with Crippen molar-refractivity contribution in [2.75, 3.05) is 12.0 Å². The first-order chi connectivity index (χ1) is 14.2. The average Bonchev–Trinajstić information content (AvgIpc) is 3.20. The van der Waals surface area contributed by atoms with Crippen molar-refractivity contribution in [2.24, 2.45) is 0 Å². The zero-order chi connectivity index (χ0) is 20.1. The van der Waals surface area contributed by atoms with Crippen molar-refractivity contribution >= 4 is 38.7 Å². The molecule has 1 amide bonds. The number of hydrogen-bond acceptors (Lipinski definition) is 5. The van der Waals surface area contributed by atoms with Crippen LogP contribution in [0, 0.1) is 0 Å². The van der Waals surface area contributed by atoms with Crippen LogP contribution >= 0.6 is 11.3 Å². The van der Waals surface area contributed by atoms with Gasteiger partial charge in [-0.2, -0.15) is 0 Å². The van der Waals surface area contributed by atoms with Gasteiger partial charge in [0.15, 0.2) is 5.13 Å². The highest BCUT2D eigenvalue weighted by Gasteiger charge is 2.19. The van der Waals surface area contributed by atoms with Crippen molar-refractivity contribution < 1.29 is 9.53 Å². The third kappa shape index (κ3) is 4.50. The van der Waals surface area contributed by atoms with E-state index in [1.54, 1.807) is 24.3 Å². The molecule has 0 N–H and O–H groups in total. The van der Waals surface area contributed by atoms with Crippen LogP contribution in [0.5, 0.6) is 5.75 Å². The monoisotopic (exact) mass is 401 g/mol. The lowest BCUT2D eigenvalue weighted by atomic mass is 10.2. The molecule has 0 radical (unpaired) electrons. The third-order valence-electron chi connectivity index (χ3n) is 4.35. The van der Waals surface area contributed by atoms with Gasteiger partial charge >= 0.3 is 0 Å². The fourth-order valence-corrected chi connectivity index (χ4v) is 3.85. The average molecular weight is 401 g/mol. The summed E-state index contributed by atoms with van der Waals surface area (Å²) in [6.07, 6.45) is 5.11. The lowest BCUT2D eigenvalue weighted by Crippen LogP contribution is -2.29. The van der Waals surface area contributed by atoms with Crippen molar-refractivity contribution in [2.45, 2.75) is 6.54 Å². The molecular weight excluding hydrogens is 382 g/mol. The molecule has 2 aromatic heterocycles. The number of aromatic nitrogens is 2. The molecule has 0 saturated carbocycles. The van der Waals surface area contributed by atoms with Gasteiger partial charge in [-0.15, -0.1) is 0 Å². The van der Waals surface area contributed by atoms with E-state index in [-0.39, 0.29) is 5.91 Å². The molecule has 144 valence electrons. The zero-order valence-electron chi connectivity index (χ0n) is 15.9. The van der Waals surface area contributed by atoms with Gasteiger partial charge in [0.05, 0.1) is 29.6 Å². The van der Waals surface area contributed by atoms with E-state index in [4.69, 9.17) is 4.74 Å². The van der Waals surface area contributed by atoms with Crippen molar-refractivity contribution in [1.82, 2.24) is 9.97 Å². The molecule has 2 heterocycles. The highest BCUT2D eigenvalue weighted by atomic mass is 32.1. The SMILES string of the molecule is COc1ccc2nc(N(Cc3ccccn3)C(=O)/C=C/c3ccccc3)sc2c1. The first-order valence-corrected chi connectivity index (χ1v) is 9.94. The summed E-state index contributed by atoms with van der Waals surface area (Å²) in [5, 5.41) is 0.626. The van der Waals surface area contributed by atoms with E-state index in [0.717, 1.165) is 27.2 Å². The molecule has 5 nitrogen and oxygen atoms in total. The number of amides is 1. The first-order valence-electron chi connectivity index (χ1n) is 9.12. The molecular formula is C23H19N3O2S. The lowest BCUT2D eigenvalue weighted by Gasteiger charge is -2.17. The van der Waals surface area contributed by atoms with E-state index in [2.05, 4.69) is 9.97 Å². The summed E-state index contributed by atoms with van der Waals surface area (Å²) in [5.41, 5.74) is 2.59. The maximum absolute atomic E-state index is 13.1. The highest BCUT2D eigenvalue weighted by molar-refractivity contribution is 7.22. The van der Waals surface area contributed by atoms with E-state index in [1.807, 2.05) is 72.8 Å². The summed E-state index contributed by atoms with van der Waals surface area (Å²) in [4.78, 5) is 23.8. The smallest absolute Gasteiger partial charge is 0.253 e. The fraction of sp³-hybridized carbons (Fsp3) is 0.0870. The van der Waals surface area contributed by atoms with Crippen LogP contribution < -0.4 is 9.64 Å². The number of carbonyl (C=O) groups is 1. The maximum Gasteiger partial charge on any atom is 0.253 e. The Morgan fingerprint density at radius 2 is 1.93 bits per heavy atom. The molecule has 0 unspecified atom stereocenters. The standard InChI is InChI=1S/C23H19N3O2S/c1-28-19-11-12-20-21(15-19)29-23(25-20)26(16-18-9-5-6-14-24-18)22(27)13-10-17-7-3-2-4-8-17/h2-15H,16H2,1H3/b13-10+. The predicted octanol–water partition coefficient (Wildman–Crippen LogP) is 4.95. The Labute approximate surface area is 172 Å². The van der Waals surface area contributed by atoms with Crippen LogP contribution in [0.4, 0.5) is 5.13 Å². The topological polar surface area (TPSA) is 55.3 Å². The third-order valence-corrected chi connectivity index (χ3v) is 5.39. The molecule has 0 aliphatic heterocycles. The minimum absolute atomic E-state index is 0.148. The van der Waals surface area contributed by atoms with Gasteiger partial charge in [0.2, 0.25) is 0 Å². The van der Waals surface area contributed by atoms with Gasteiger partial charge in [-0.25, -0.2) is 4.98 Å². The van der Waals surface area contributed by atoms with Crippen LogP contribution in [0.1, 0.15) is 11.3 Å². The van der Waals surface area contributed by atoms with Gasteiger partial charge in [0, 0.05) is 12.3 Å². The summed E-state index contributed by atoms with van der Waals surface area (Å²) in [6.45, 7) is 0.343. The number of pyridine rings is 1. The lowest BCUT2D eigenvalue weighted by molar-refractivity contribution is -0.114. The van der Waals surface area contributed by atoms with Crippen LogP contribution in [0.15, 0.2) is 79.0 Å². The maximum atomic E-state index is 13.1. The Bertz CT molecular complexity index is 1140. The number of rotatable bonds is 6. The number of fused-ring (bicyclic) bond motifs is 1. The molecule has 0 saturated heterocycles. The summed E-state index contributed by atoms with van der Waals surface area (Å²) in [6, 6.07) is 21.1. The number of carbonyl (C=O) groups excluding carboxylic acids is 1. The van der Waals surface area contributed by atoms with Gasteiger partial charge in [0.1, 0.15) is 5.75 Å². The molecule has 2 aromatic carbocycles. The molecule has 0 fully saturated rings. The predicted molar refractivity (Wildman–Crippen MR) is 117 cm³/mol. The number of thiazole rings is 1. The summed E-state index contributed by atoms with van der Waals surface area (Å²) in [7, 11) is 1.63. The number of benzene rings is 2. The number of ether oxygens (including phenoxy) is 1. The first kappa shape index (κ1) is 18.8. The molecule has 0 atom stereocenters. The zero-order valence-corrected chi connectivity index (χ0v) is 16.7. The molecule has 4 rings (SSSR count). The van der Waals surface area contributed by atoms with E-state index in [0.29, 0.717) is 11.7 Å². The van der Waals surface area contributed by atoms with E-state index in [1.165, 1.54) is 11.3 Å². The molecule has 29 heavy (non-hydrogen) atoms. The van der Waals surface area contributed by atoms with Crippen LogP contribution in [-0.2, 0) is 11.3 Å². The van der Waals surface area contributed by atoms with Crippen LogP contribution in [0.3, 0.4) is 0 Å². The Morgan fingerprint density at radius 3 is 2.69 bits per heavy atom. The van der Waals surface area contributed by atoms with Crippen LogP contribution in [-0.4, -0.2) is 23.0 Å². The second kappa shape index (κ2) is 8.67. The molecule has 0 spiro atoms. The largest absolute Gasteiger partial charge is 0.497 e. The van der Waals surface area contributed by atoms with Gasteiger partial charge in [0.25, 0.3) is 5.91 Å². The molecule has 6 heteroatoms. The van der Waals surface area contributed by atoms with Crippen molar-refractivity contribution in [3.63, 3.8) is 0 Å². The van der Waals surface area contributed by atoms with Crippen LogP contribution in [0.25, 0.3) is 16.3 Å². The van der Waals surface area contributed by atoms with Gasteiger partial charge in [-0.3, -0.25) is 14.7 Å². The second-order valence-corrected chi connectivity index (χ2v) is 7.33. The van der Waals surface area contributed by atoms with Gasteiger partial charge < -0.3 is 4.74 Å². The molecule has 0 bridgehead atoms. The fourth-order valence-electron chi connectivity index (χ4n) is 2.85. The second-order valence-electron chi connectivity index (χ2n) is 6.32. The number of anilines is 1. The molecule has 0 aliphatic carbocycles. The minimum atomic E-state index is -0.148. The molecule has 4 aromatic rings.